The Labute approximate surface area is 126 Å². The molecule has 0 aliphatic carbocycles. The van der Waals surface area contributed by atoms with E-state index in [9.17, 15) is 4.79 Å². The molecule has 1 fully saturated rings. The Morgan fingerprint density at radius 2 is 2.10 bits per heavy atom. The molecule has 0 radical (unpaired) electrons. The Morgan fingerprint density at radius 1 is 1.43 bits per heavy atom. The van der Waals surface area contributed by atoms with Gasteiger partial charge in [-0.3, -0.25) is 14.7 Å². The van der Waals surface area contributed by atoms with E-state index in [2.05, 4.69) is 23.7 Å². The summed E-state index contributed by atoms with van der Waals surface area (Å²) < 4.78 is 0. The summed E-state index contributed by atoms with van der Waals surface area (Å²) in [7, 11) is 0. The Hall–Kier alpha value is -1.46. The first-order chi connectivity index (χ1) is 10.0. The lowest BCUT2D eigenvalue weighted by molar-refractivity contribution is -0.124. The molecule has 2 heterocycles. The highest BCUT2D eigenvalue weighted by Crippen LogP contribution is 2.33. The fourth-order valence-electron chi connectivity index (χ4n) is 3.22. The fourth-order valence-corrected chi connectivity index (χ4v) is 3.22. The number of piperidine rings is 1. The quantitative estimate of drug-likeness (QED) is 0.859. The van der Waals surface area contributed by atoms with Crippen LogP contribution in [0.4, 0.5) is 0 Å². The number of aromatic nitrogens is 1. The monoisotopic (exact) mass is 290 g/mol. The van der Waals surface area contributed by atoms with Crippen molar-refractivity contribution in [3.8, 4) is 0 Å². The average molecular weight is 290 g/mol. The first-order valence-electron chi connectivity index (χ1n) is 7.75. The van der Waals surface area contributed by atoms with E-state index in [1.165, 1.54) is 0 Å². The lowest BCUT2D eigenvalue weighted by Gasteiger charge is -2.44. The summed E-state index contributed by atoms with van der Waals surface area (Å²) in [5.41, 5.74) is 13.1. The zero-order chi connectivity index (χ0) is 15.4. The molecule has 1 aromatic heterocycles. The van der Waals surface area contributed by atoms with Crippen molar-refractivity contribution in [3.63, 3.8) is 0 Å². The summed E-state index contributed by atoms with van der Waals surface area (Å²) in [6.45, 7) is 4.99. The van der Waals surface area contributed by atoms with Gasteiger partial charge in [-0.15, -0.1) is 0 Å². The van der Waals surface area contributed by atoms with Crippen LogP contribution in [0.2, 0.25) is 0 Å². The van der Waals surface area contributed by atoms with Crippen LogP contribution < -0.4 is 11.5 Å². The maximum Gasteiger partial charge on any atom is 0.221 e. The van der Waals surface area contributed by atoms with Gasteiger partial charge in [0.25, 0.3) is 0 Å². The van der Waals surface area contributed by atoms with E-state index < -0.39 is 0 Å². The molecule has 0 spiro atoms. The van der Waals surface area contributed by atoms with Crippen LogP contribution in [0.5, 0.6) is 0 Å². The molecule has 21 heavy (non-hydrogen) atoms. The molecule has 116 valence electrons. The van der Waals surface area contributed by atoms with Crippen LogP contribution in [-0.2, 0) is 4.79 Å². The van der Waals surface area contributed by atoms with Gasteiger partial charge in [-0.05, 0) is 43.9 Å². The predicted octanol–water partition coefficient (Wildman–Crippen LogP) is 1.45. The van der Waals surface area contributed by atoms with Crippen molar-refractivity contribution in [2.24, 2.45) is 17.4 Å². The third kappa shape index (κ3) is 3.60. The molecule has 0 bridgehead atoms. The van der Waals surface area contributed by atoms with Gasteiger partial charge in [0.2, 0.25) is 5.91 Å². The number of amides is 1. The van der Waals surface area contributed by atoms with Gasteiger partial charge in [-0.2, -0.15) is 0 Å². The Balaban J connectivity index is 2.28. The normalized spacial score (nSPS) is 26.2. The van der Waals surface area contributed by atoms with Gasteiger partial charge in [0.1, 0.15) is 0 Å². The van der Waals surface area contributed by atoms with E-state index in [0.717, 1.165) is 24.8 Å². The number of nitrogens with zero attached hydrogens (tertiary/aromatic N) is 2. The molecular weight excluding hydrogens is 264 g/mol. The second-order valence-corrected chi connectivity index (χ2v) is 6.02. The topological polar surface area (TPSA) is 85.2 Å². The van der Waals surface area contributed by atoms with Crippen LogP contribution >= 0.6 is 0 Å². The number of carbonyl (C=O) groups is 1. The molecular formula is C16H26N4O. The summed E-state index contributed by atoms with van der Waals surface area (Å²) in [5.74, 6) is -0.278. The summed E-state index contributed by atoms with van der Waals surface area (Å²) in [6.07, 6.45) is 6.33. The molecule has 1 aromatic rings. The molecule has 1 aliphatic heterocycles. The number of pyridine rings is 1. The maximum atomic E-state index is 11.6. The Bertz CT molecular complexity index is 465. The zero-order valence-electron chi connectivity index (χ0n) is 12.9. The van der Waals surface area contributed by atoms with Gasteiger partial charge >= 0.3 is 0 Å². The Morgan fingerprint density at radius 3 is 2.67 bits per heavy atom. The molecule has 2 rings (SSSR count). The number of hydrogen-bond acceptors (Lipinski definition) is 4. The second-order valence-electron chi connectivity index (χ2n) is 6.02. The smallest absolute Gasteiger partial charge is 0.221 e. The summed E-state index contributed by atoms with van der Waals surface area (Å²) in [4.78, 5) is 18.0. The largest absolute Gasteiger partial charge is 0.369 e. The predicted molar refractivity (Wildman–Crippen MR) is 83.3 cm³/mol. The van der Waals surface area contributed by atoms with E-state index in [0.29, 0.717) is 12.6 Å². The highest BCUT2D eigenvalue weighted by molar-refractivity contribution is 5.77. The number of primary amides is 1. The van der Waals surface area contributed by atoms with Gasteiger partial charge in [-0.25, -0.2) is 0 Å². The number of nitrogens with two attached hydrogens (primary N) is 2. The van der Waals surface area contributed by atoms with Crippen molar-refractivity contribution in [1.82, 2.24) is 9.88 Å². The maximum absolute atomic E-state index is 11.6. The molecule has 5 nitrogen and oxygen atoms in total. The molecule has 1 saturated heterocycles. The van der Waals surface area contributed by atoms with Crippen LogP contribution in [0.3, 0.4) is 0 Å². The van der Waals surface area contributed by atoms with Crippen molar-refractivity contribution in [3.05, 3.63) is 30.1 Å². The van der Waals surface area contributed by atoms with Crippen LogP contribution in [0.15, 0.2) is 24.5 Å². The third-order valence-corrected chi connectivity index (χ3v) is 4.61. The minimum Gasteiger partial charge on any atom is -0.369 e. The minimum absolute atomic E-state index is 0.0291. The Kier molecular flexibility index (Phi) is 5.31. The van der Waals surface area contributed by atoms with Crippen molar-refractivity contribution in [2.75, 3.05) is 6.54 Å². The highest BCUT2D eigenvalue weighted by Gasteiger charge is 2.35. The fraction of sp³-hybridized carbons (Fsp3) is 0.625. The number of hydrogen-bond donors (Lipinski definition) is 2. The van der Waals surface area contributed by atoms with Gasteiger partial charge in [0.15, 0.2) is 0 Å². The molecule has 1 aliphatic rings. The SMILES string of the molecule is CCC(N)C(c1ccncc1)N1CC(C(N)=O)CCC1C. The van der Waals surface area contributed by atoms with Crippen LogP contribution in [-0.4, -0.2) is 34.4 Å². The molecule has 4 N–H and O–H groups in total. The van der Waals surface area contributed by atoms with Crippen LogP contribution in [0.25, 0.3) is 0 Å². The number of carbonyl (C=O) groups excluding carboxylic acids is 1. The first kappa shape index (κ1) is 15.9. The standard InChI is InChI=1S/C16H26N4O/c1-3-14(17)15(12-6-8-19-9-7-12)20-10-13(16(18)21)5-4-11(20)2/h6-9,11,13-15H,3-5,10,17H2,1-2H3,(H2,18,21). The first-order valence-corrected chi connectivity index (χ1v) is 7.75. The lowest BCUT2D eigenvalue weighted by Crippen LogP contribution is -2.51. The average Bonchev–Trinajstić information content (AvgIpc) is 2.50. The van der Waals surface area contributed by atoms with E-state index >= 15 is 0 Å². The number of rotatable bonds is 5. The van der Waals surface area contributed by atoms with E-state index in [4.69, 9.17) is 11.5 Å². The summed E-state index contributed by atoms with van der Waals surface area (Å²) in [5, 5.41) is 0. The van der Waals surface area contributed by atoms with E-state index in [1.54, 1.807) is 12.4 Å². The molecule has 5 heteroatoms. The van der Waals surface area contributed by atoms with Crippen molar-refractivity contribution < 1.29 is 4.79 Å². The van der Waals surface area contributed by atoms with Gasteiger partial charge in [0, 0.05) is 31.0 Å². The van der Waals surface area contributed by atoms with Crippen LogP contribution in [0, 0.1) is 5.92 Å². The lowest BCUT2D eigenvalue weighted by atomic mass is 9.87. The van der Waals surface area contributed by atoms with Gasteiger partial charge in [0.05, 0.1) is 12.0 Å². The third-order valence-electron chi connectivity index (χ3n) is 4.61. The van der Waals surface area contributed by atoms with Crippen molar-refractivity contribution >= 4 is 5.91 Å². The van der Waals surface area contributed by atoms with E-state index in [-0.39, 0.29) is 23.9 Å². The van der Waals surface area contributed by atoms with Crippen molar-refractivity contribution in [1.29, 1.82) is 0 Å². The molecule has 1 amide bonds. The van der Waals surface area contributed by atoms with Gasteiger partial charge in [-0.1, -0.05) is 6.92 Å². The summed E-state index contributed by atoms with van der Waals surface area (Å²) in [6, 6.07) is 4.56. The second kappa shape index (κ2) is 7.00. The van der Waals surface area contributed by atoms with Crippen molar-refractivity contribution in [2.45, 2.75) is 51.2 Å². The minimum atomic E-state index is -0.203. The van der Waals surface area contributed by atoms with Crippen LogP contribution in [0.1, 0.15) is 44.7 Å². The molecule has 0 aromatic carbocycles. The van der Waals surface area contributed by atoms with E-state index in [1.807, 2.05) is 12.1 Å². The van der Waals surface area contributed by atoms with Gasteiger partial charge < -0.3 is 11.5 Å². The number of likely N-dealkylation sites (tertiary alicyclic amines) is 1. The zero-order valence-corrected chi connectivity index (χ0v) is 12.9. The molecule has 4 unspecified atom stereocenters. The molecule has 4 atom stereocenters. The molecule has 0 saturated carbocycles. The summed E-state index contributed by atoms with van der Waals surface area (Å²) >= 11 is 0. The highest BCUT2D eigenvalue weighted by atomic mass is 16.1.